The first kappa shape index (κ1) is 22.1. The SMILES string of the molecule is Cc1cccc(NC(=O)C[NH+](C)CC(=O)N(CCC#N)c2ccccc2F)c1C. The van der Waals surface area contributed by atoms with Crippen molar-refractivity contribution in [3.8, 4) is 6.07 Å². The number of amides is 2. The van der Waals surface area contributed by atoms with E-state index in [1.54, 1.807) is 19.2 Å². The highest BCUT2D eigenvalue weighted by Gasteiger charge is 2.23. The van der Waals surface area contributed by atoms with Crippen LogP contribution < -0.4 is 15.1 Å². The summed E-state index contributed by atoms with van der Waals surface area (Å²) in [6, 6.07) is 13.6. The molecular weight excluding hydrogens is 371 g/mol. The van der Waals surface area contributed by atoms with Gasteiger partial charge in [0.1, 0.15) is 5.82 Å². The third kappa shape index (κ3) is 6.13. The van der Waals surface area contributed by atoms with Crippen LogP contribution >= 0.6 is 0 Å². The van der Waals surface area contributed by atoms with Crippen LogP contribution in [0.5, 0.6) is 0 Å². The zero-order chi connectivity index (χ0) is 21.4. The number of quaternary nitrogens is 1. The molecule has 2 N–H and O–H groups in total. The lowest BCUT2D eigenvalue weighted by Crippen LogP contribution is -3.11. The molecule has 0 radical (unpaired) electrons. The van der Waals surface area contributed by atoms with Crippen LogP contribution in [0.15, 0.2) is 42.5 Å². The molecule has 1 unspecified atom stereocenters. The van der Waals surface area contributed by atoms with Crippen LogP contribution in [0.25, 0.3) is 0 Å². The minimum absolute atomic E-state index is 0.0000174. The highest BCUT2D eigenvalue weighted by atomic mass is 19.1. The molecule has 0 saturated carbocycles. The number of aryl methyl sites for hydroxylation is 1. The second-order valence-electron chi connectivity index (χ2n) is 7.01. The summed E-state index contributed by atoms with van der Waals surface area (Å²) in [4.78, 5) is 27.1. The lowest BCUT2D eigenvalue weighted by atomic mass is 10.1. The number of likely N-dealkylation sites (N-methyl/N-ethyl adjacent to an activating group) is 1. The first-order chi connectivity index (χ1) is 13.8. The number of hydrogen-bond donors (Lipinski definition) is 2. The molecule has 6 nitrogen and oxygen atoms in total. The number of nitriles is 1. The molecule has 0 aliphatic rings. The standard InChI is InChI=1S/C22H25FN4O2/c1-16-8-6-10-19(17(16)2)25-21(28)14-26(3)15-22(29)27(13-7-12-24)20-11-5-4-9-18(20)23/h4-6,8-11H,7,13-15H2,1-3H3,(H,25,28)/p+1. The molecule has 2 aromatic rings. The fourth-order valence-electron chi connectivity index (χ4n) is 2.98. The van der Waals surface area contributed by atoms with Crippen LogP contribution in [0.3, 0.4) is 0 Å². The topological polar surface area (TPSA) is 77.6 Å². The first-order valence-electron chi connectivity index (χ1n) is 9.42. The highest BCUT2D eigenvalue weighted by molar-refractivity contribution is 5.95. The van der Waals surface area contributed by atoms with Gasteiger partial charge in [-0.25, -0.2) is 4.39 Å². The zero-order valence-corrected chi connectivity index (χ0v) is 17.0. The van der Waals surface area contributed by atoms with E-state index in [2.05, 4.69) is 5.32 Å². The monoisotopic (exact) mass is 397 g/mol. The number of nitrogens with zero attached hydrogens (tertiary/aromatic N) is 2. The van der Waals surface area contributed by atoms with Crippen LogP contribution in [0.1, 0.15) is 17.5 Å². The van der Waals surface area contributed by atoms with Crippen molar-refractivity contribution in [1.29, 1.82) is 5.26 Å². The fraction of sp³-hybridized carbons (Fsp3) is 0.318. The van der Waals surface area contributed by atoms with Crippen molar-refractivity contribution in [2.45, 2.75) is 20.3 Å². The Bertz CT molecular complexity index is 923. The molecule has 2 aromatic carbocycles. The van der Waals surface area contributed by atoms with E-state index in [1.165, 1.54) is 17.0 Å². The van der Waals surface area contributed by atoms with E-state index in [0.717, 1.165) is 16.8 Å². The molecule has 29 heavy (non-hydrogen) atoms. The summed E-state index contributed by atoms with van der Waals surface area (Å²) in [5.41, 5.74) is 2.96. The molecule has 2 amide bonds. The van der Waals surface area contributed by atoms with Crippen LogP contribution in [-0.4, -0.2) is 38.5 Å². The van der Waals surface area contributed by atoms with Crippen LogP contribution in [-0.2, 0) is 9.59 Å². The molecule has 0 aromatic heterocycles. The largest absolute Gasteiger partial charge is 0.322 e. The van der Waals surface area contributed by atoms with E-state index in [-0.39, 0.29) is 43.6 Å². The first-order valence-corrected chi connectivity index (χ1v) is 9.42. The Balaban J connectivity index is 2.01. The number of anilines is 2. The van der Waals surface area contributed by atoms with E-state index < -0.39 is 5.82 Å². The van der Waals surface area contributed by atoms with Crippen molar-refractivity contribution in [3.05, 3.63) is 59.4 Å². The molecule has 152 valence electrons. The van der Waals surface area contributed by atoms with Gasteiger partial charge in [-0.2, -0.15) is 5.26 Å². The van der Waals surface area contributed by atoms with Crippen molar-refractivity contribution >= 4 is 23.2 Å². The minimum Gasteiger partial charge on any atom is -0.322 e. The molecule has 7 heteroatoms. The van der Waals surface area contributed by atoms with Crippen LogP contribution in [0.4, 0.5) is 15.8 Å². The second-order valence-corrected chi connectivity index (χ2v) is 7.01. The van der Waals surface area contributed by atoms with E-state index in [9.17, 15) is 14.0 Å². The maximum atomic E-state index is 14.1. The van der Waals surface area contributed by atoms with E-state index >= 15 is 0 Å². The quantitative estimate of drug-likeness (QED) is 0.714. The molecule has 0 heterocycles. The maximum Gasteiger partial charge on any atom is 0.282 e. The number of halogens is 1. The maximum absolute atomic E-state index is 14.1. The van der Waals surface area contributed by atoms with E-state index in [1.807, 2.05) is 38.1 Å². The van der Waals surface area contributed by atoms with Gasteiger partial charge in [0.05, 0.1) is 25.2 Å². The van der Waals surface area contributed by atoms with E-state index in [0.29, 0.717) is 4.90 Å². The Hall–Kier alpha value is -3.24. The number of benzene rings is 2. The lowest BCUT2D eigenvalue weighted by Gasteiger charge is -2.23. The Morgan fingerprint density at radius 3 is 2.55 bits per heavy atom. The average molecular weight is 397 g/mol. The van der Waals surface area contributed by atoms with Crippen molar-refractivity contribution in [1.82, 2.24) is 0 Å². The second kappa shape index (κ2) is 10.3. The molecule has 0 aliphatic carbocycles. The smallest absolute Gasteiger partial charge is 0.282 e. The van der Waals surface area contributed by atoms with Gasteiger partial charge in [-0.05, 0) is 43.2 Å². The van der Waals surface area contributed by atoms with Gasteiger partial charge in [-0.15, -0.1) is 0 Å². The number of carbonyl (C=O) groups excluding carboxylic acids is 2. The molecule has 1 atom stereocenters. The fourth-order valence-corrected chi connectivity index (χ4v) is 2.98. The van der Waals surface area contributed by atoms with Gasteiger partial charge < -0.3 is 15.1 Å². The highest BCUT2D eigenvalue weighted by Crippen LogP contribution is 2.19. The molecule has 0 fully saturated rings. The van der Waals surface area contributed by atoms with Gasteiger partial charge in [0, 0.05) is 12.2 Å². The number of nitrogens with one attached hydrogen (secondary N) is 2. The molecule has 0 aliphatic heterocycles. The Kier molecular flexibility index (Phi) is 7.87. The minimum atomic E-state index is -0.524. The number of para-hydroxylation sites is 1. The third-order valence-corrected chi connectivity index (χ3v) is 4.69. The van der Waals surface area contributed by atoms with Gasteiger partial charge in [0.15, 0.2) is 13.1 Å². The molecule has 0 spiro atoms. The summed E-state index contributed by atoms with van der Waals surface area (Å²) in [5.74, 6) is -1.08. The summed E-state index contributed by atoms with van der Waals surface area (Å²) in [7, 11) is 1.73. The van der Waals surface area contributed by atoms with Crippen molar-refractivity contribution in [2.24, 2.45) is 0 Å². The Morgan fingerprint density at radius 1 is 1.14 bits per heavy atom. The molecule has 2 rings (SSSR count). The number of rotatable bonds is 8. The number of carbonyl (C=O) groups is 2. The molecule has 0 saturated heterocycles. The van der Waals surface area contributed by atoms with Gasteiger partial charge in [-0.1, -0.05) is 24.3 Å². The summed E-state index contributed by atoms with van der Waals surface area (Å²) >= 11 is 0. The van der Waals surface area contributed by atoms with Crippen LogP contribution in [0.2, 0.25) is 0 Å². The van der Waals surface area contributed by atoms with Gasteiger partial charge in [-0.3, -0.25) is 9.59 Å². The Labute approximate surface area is 170 Å². The van der Waals surface area contributed by atoms with Crippen molar-refractivity contribution in [2.75, 3.05) is 36.9 Å². The average Bonchev–Trinajstić information content (AvgIpc) is 2.67. The third-order valence-electron chi connectivity index (χ3n) is 4.69. The van der Waals surface area contributed by atoms with Crippen LogP contribution in [0, 0.1) is 31.0 Å². The van der Waals surface area contributed by atoms with Gasteiger partial charge in [0.25, 0.3) is 11.8 Å². The summed E-state index contributed by atoms with van der Waals surface area (Å²) in [5, 5.41) is 11.7. The normalized spacial score (nSPS) is 11.4. The van der Waals surface area contributed by atoms with Gasteiger partial charge in [0.2, 0.25) is 0 Å². The summed E-state index contributed by atoms with van der Waals surface area (Å²) in [6.45, 7) is 4.09. The predicted octanol–water partition coefficient (Wildman–Crippen LogP) is 1.84. The Morgan fingerprint density at radius 2 is 1.86 bits per heavy atom. The predicted molar refractivity (Wildman–Crippen MR) is 110 cm³/mol. The molecule has 0 bridgehead atoms. The van der Waals surface area contributed by atoms with Crippen molar-refractivity contribution < 1.29 is 18.9 Å². The molecular formula is C22H26FN4O2+. The zero-order valence-electron chi connectivity index (χ0n) is 17.0. The van der Waals surface area contributed by atoms with Crippen molar-refractivity contribution in [3.63, 3.8) is 0 Å². The summed E-state index contributed by atoms with van der Waals surface area (Å²) in [6.07, 6.45) is 0.0895. The summed E-state index contributed by atoms with van der Waals surface area (Å²) < 4.78 is 14.1. The van der Waals surface area contributed by atoms with E-state index in [4.69, 9.17) is 5.26 Å². The van der Waals surface area contributed by atoms with Gasteiger partial charge >= 0.3 is 0 Å². The number of hydrogen-bond acceptors (Lipinski definition) is 3. The lowest BCUT2D eigenvalue weighted by molar-refractivity contribution is -0.862.